The number of rotatable bonds is 1. The van der Waals surface area contributed by atoms with Crippen LogP contribution in [0.2, 0.25) is 0 Å². The number of aromatic nitrogens is 2. The largest absolute Gasteiger partial charge is 0.476 e. The van der Waals surface area contributed by atoms with Crippen LogP contribution in [0.3, 0.4) is 0 Å². The summed E-state index contributed by atoms with van der Waals surface area (Å²) in [7, 11) is 0. The molecule has 2 aromatic rings. The van der Waals surface area contributed by atoms with Crippen molar-refractivity contribution >= 4 is 11.6 Å². The predicted molar refractivity (Wildman–Crippen MR) is 60.9 cm³/mol. The molecule has 0 aliphatic heterocycles. The summed E-state index contributed by atoms with van der Waals surface area (Å²) in [5.41, 5.74) is 2.10. The van der Waals surface area contributed by atoms with Crippen LogP contribution in [0.1, 0.15) is 21.7 Å². The van der Waals surface area contributed by atoms with E-state index in [2.05, 4.69) is 16.8 Å². The number of nitrogens with zero attached hydrogens (tertiary/aromatic N) is 2. The first kappa shape index (κ1) is 11.2. The van der Waals surface area contributed by atoms with Crippen molar-refractivity contribution in [2.24, 2.45) is 0 Å². The van der Waals surface area contributed by atoms with Crippen molar-refractivity contribution in [3.8, 4) is 11.8 Å². The van der Waals surface area contributed by atoms with Crippen molar-refractivity contribution in [1.29, 1.82) is 0 Å². The third-order valence-corrected chi connectivity index (χ3v) is 2.40. The third kappa shape index (κ3) is 1.98. The molecule has 0 amide bonds. The molecule has 5 heteroatoms. The fourth-order valence-electron chi connectivity index (χ4n) is 1.56. The molecule has 0 radical (unpaired) electrons. The number of carbonyl (C=O) groups is 1. The average Bonchev–Trinajstić information content (AvgIpc) is 2.73. The van der Waals surface area contributed by atoms with E-state index in [0.717, 1.165) is 11.3 Å². The molecule has 0 saturated carbocycles. The van der Waals surface area contributed by atoms with E-state index in [1.807, 2.05) is 6.92 Å². The molecule has 0 unspecified atom stereocenters. The fourth-order valence-corrected chi connectivity index (χ4v) is 1.56. The lowest BCUT2D eigenvalue weighted by Gasteiger charge is -2.01. The summed E-state index contributed by atoms with van der Waals surface area (Å²) in [5.74, 6) is 4.29. The Morgan fingerprint density at radius 3 is 2.94 bits per heavy atom. The number of aliphatic hydroxyl groups excluding tert-OH is 1. The monoisotopic (exact) mass is 230 g/mol. The second-order valence-corrected chi connectivity index (χ2v) is 3.45. The highest BCUT2D eigenvalue weighted by molar-refractivity contribution is 5.86. The SMILES string of the molecule is Cc1c(C#CCO)ccc2nc(C(=O)O)cn12. The summed E-state index contributed by atoms with van der Waals surface area (Å²) in [5, 5.41) is 17.5. The first-order chi connectivity index (χ1) is 8.13. The van der Waals surface area contributed by atoms with Gasteiger partial charge in [0.2, 0.25) is 0 Å². The van der Waals surface area contributed by atoms with E-state index >= 15 is 0 Å². The number of aryl methyl sites for hydroxylation is 1. The number of aromatic carboxylic acids is 1. The van der Waals surface area contributed by atoms with Gasteiger partial charge in [-0.1, -0.05) is 11.8 Å². The Morgan fingerprint density at radius 1 is 1.53 bits per heavy atom. The molecule has 0 atom stereocenters. The number of hydrogen-bond acceptors (Lipinski definition) is 3. The zero-order chi connectivity index (χ0) is 12.4. The molecule has 0 aliphatic rings. The molecule has 0 aliphatic carbocycles. The van der Waals surface area contributed by atoms with Crippen LogP contribution in [-0.2, 0) is 0 Å². The summed E-state index contributed by atoms with van der Waals surface area (Å²) < 4.78 is 1.67. The van der Waals surface area contributed by atoms with Gasteiger partial charge < -0.3 is 14.6 Å². The summed E-state index contributed by atoms with van der Waals surface area (Å²) in [4.78, 5) is 14.8. The predicted octanol–water partition coefficient (Wildman–Crippen LogP) is 0.685. The Hall–Kier alpha value is -2.32. The van der Waals surface area contributed by atoms with Crippen molar-refractivity contribution in [3.05, 3.63) is 35.3 Å². The quantitative estimate of drug-likeness (QED) is 0.706. The molecule has 86 valence electrons. The molecule has 2 rings (SSSR count). The molecule has 0 fully saturated rings. The fraction of sp³-hybridized carbons (Fsp3) is 0.167. The Labute approximate surface area is 97.3 Å². The minimum atomic E-state index is -1.06. The number of hydrogen-bond donors (Lipinski definition) is 2. The first-order valence-corrected chi connectivity index (χ1v) is 4.95. The number of pyridine rings is 1. The van der Waals surface area contributed by atoms with E-state index in [-0.39, 0.29) is 12.3 Å². The van der Waals surface area contributed by atoms with E-state index in [4.69, 9.17) is 10.2 Å². The van der Waals surface area contributed by atoms with Gasteiger partial charge >= 0.3 is 5.97 Å². The number of aliphatic hydroxyl groups is 1. The molecule has 17 heavy (non-hydrogen) atoms. The molecule has 2 N–H and O–H groups in total. The van der Waals surface area contributed by atoms with Crippen LogP contribution in [0, 0.1) is 18.8 Å². The Morgan fingerprint density at radius 2 is 2.29 bits per heavy atom. The van der Waals surface area contributed by atoms with E-state index in [9.17, 15) is 4.79 Å². The van der Waals surface area contributed by atoms with E-state index in [1.165, 1.54) is 6.20 Å². The van der Waals surface area contributed by atoms with Gasteiger partial charge in [0, 0.05) is 17.5 Å². The highest BCUT2D eigenvalue weighted by atomic mass is 16.4. The van der Waals surface area contributed by atoms with Gasteiger partial charge in [0.1, 0.15) is 12.3 Å². The molecule has 0 aromatic carbocycles. The van der Waals surface area contributed by atoms with Crippen LogP contribution in [0.15, 0.2) is 18.3 Å². The van der Waals surface area contributed by atoms with Gasteiger partial charge in [0.15, 0.2) is 5.69 Å². The van der Waals surface area contributed by atoms with Crippen molar-refractivity contribution in [3.63, 3.8) is 0 Å². The van der Waals surface area contributed by atoms with Crippen LogP contribution in [-0.4, -0.2) is 32.2 Å². The number of carboxylic acids is 1. The molecule has 2 aromatic heterocycles. The maximum atomic E-state index is 10.8. The van der Waals surface area contributed by atoms with E-state index in [1.54, 1.807) is 16.5 Å². The lowest BCUT2D eigenvalue weighted by Crippen LogP contribution is -1.95. The van der Waals surface area contributed by atoms with Crippen molar-refractivity contribution in [2.75, 3.05) is 6.61 Å². The van der Waals surface area contributed by atoms with Gasteiger partial charge in [0.25, 0.3) is 0 Å². The lowest BCUT2D eigenvalue weighted by atomic mass is 10.2. The maximum absolute atomic E-state index is 10.8. The van der Waals surface area contributed by atoms with E-state index in [0.29, 0.717) is 5.65 Å². The summed E-state index contributed by atoms with van der Waals surface area (Å²) in [6.45, 7) is 1.61. The molecule has 0 saturated heterocycles. The minimum absolute atomic E-state index is 0.000340. The van der Waals surface area contributed by atoms with Crippen LogP contribution in [0.4, 0.5) is 0 Å². The third-order valence-electron chi connectivity index (χ3n) is 2.40. The van der Waals surface area contributed by atoms with Crippen LogP contribution < -0.4 is 0 Å². The Balaban J connectivity index is 2.62. The van der Waals surface area contributed by atoms with Gasteiger partial charge in [-0.15, -0.1) is 0 Å². The normalized spacial score (nSPS) is 10.0. The van der Waals surface area contributed by atoms with Gasteiger partial charge in [-0.25, -0.2) is 9.78 Å². The summed E-state index contributed by atoms with van der Waals surface area (Å²) >= 11 is 0. The minimum Gasteiger partial charge on any atom is -0.476 e. The summed E-state index contributed by atoms with van der Waals surface area (Å²) in [6, 6.07) is 3.45. The Kier molecular flexibility index (Phi) is 2.81. The van der Waals surface area contributed by atoms with Gasteiger partial charge in [-0.2, -0.15) is 0 Å². The van der Waals surface area contributed by atoms with Gasteiger partial charge in [-0.05, 0) is 19.1 Å². The number of imidazole rings is 1. The standard InChI is InChI=1S/C12H10N2O3/c1-8-9(3-2-6-15)4-5-11-13-10(12(16)17)7-14(8)11/h4-5,7,15H,6H2,1H3,(H,16,17). The van der Waals surface area contributed by atoms with Crippen molar-refractivity contribution < 1.29 is 15.0 Å². The second kappa shape index (κ2) is 4.28. The highest BCUT2D eigenvalue weighted by Gasteiger charge is 2.10. The zero-order valence-corrected chi connectivity index (χ0v) is 9.14. The Bertz CT molecular complexity index is 647. The molecule has 5 nitrogen and oxygen atoms in total. The zero-order valence-electron chi connectivity index (χ0n) is 9.14. The van der Waals surface area contributed by atoms with Gasteiger partial charge in [-0.3, -0.25) is 0 Å². The van der Waals surface area contributed by atoms with E-state index < -0.39 is 5.97 Å². The molecular weight excluding hydrogens is 220 g/mol. The van der Waals surface area contributed by atoms with Crippen LogP contribution in [0.5, 0.6) is 0 Å². The topological polar surface area (TPSA) is 74.8 Å². The smallest absolute Gasteiger partial charge is 0.356 e. The first-order valence-electron chi connectivity index (χ1n) is 4.95. The second-order valence-electron chi connectivity index (χ2n) is 3.45. The number of fused-ring (bicyclic) bond motifs is 1. The highest BCUT2D eigenvalue weighted by Crippen LogP contribution is 2.12. The van der Waals surface area contributed by atoms with Crippen LogP contribution >= 0.6 is 0 Å². The number of carboxylic acid groups (broad SMARTS) is 1. The van der Waals surface area contributed by atoms with Crippen molar-refractivity contribution in [2.45, 2.75) is 6.92 Å². The average molecular weight is 230 g/mol. The summed E-state index contributed by atoms with van der Waals surface area (Å²) in [6.07, 6.45) is 1.46. The molecule has 0 spiro atoms. The molecule has 0 bridgehead atoms. The van der Waals surface area contributed by atoms with Gasteiger partial charge in [0.05, 0.1) is 0 Å². The van der Waals surface area contributed by atoms with Crippen molar-refractivity contribution in [1.82, 2.24) is 9.38 Å². The maximum Gasteiger partial charge on any atom is 0.356 e. The molecular formula is C12H10N2O3. The lowest BCUT2D eigenvalue weighted by molar-refractivity contribution is 0.0691. The van der Waals surface area contributed by atoms with Crippen LogP contribution in [0.25, 0.3) is 5.65 Å². The molecule has 2 heterocycles.